The normalized spacial score (nSPS) is 9.93. The van der Waals surface area contributed by atoms with Crippen molar-refractivity contribution in [2.45, 2.75) is 13.3 Å². The van der Waals surface area contributed by atoms with Gasteiger partial charge >= 0.3 is 0 Å². The third kappa shape index (κ3) is 3.84. The van der Waals surface area contributed by atoms with Crippen LogP contribution in [0.3, 0.4) is 0 Å². The van der Waals surface area contributed by atoms with Crippen LogP contribution in [0.15, 0.2) is 39.3 Å². The molecule has 0 unspecified atom stereocenters. The van der Waals surface area contributed by atoms with Gasteiger partial charge < -0.3 is 5.32 Å². The number of benzene rings is 1. The van der Waals surface area contributed by atoms with Gasteiger partial charge in [0.15, 0.2) is 0 Å². The fourth-order valence-electron chi connectivity index (χ4n) is 1.04. The van der Waals surface area contributed by atoms with E-state index in [1.165, 1.54) is 5.57 Å². The van der Waals surface area contributed by atoms with Gasteiger partial charge in [0.2, 0.25) is 0 Å². The molecule has 0 atom stereocenters. The molecule has 0 saturated carbocycles. The quantitative estimate of drug-likeness (QED) is 0.801. The van der Waals surface area contributed by atoms with E-state index in [1.807, 2.05) is 19.1 Å². The molecule has 0 saturated heterocycles. The molecule has 0 aromatic heterocycles. The minimum atomic E-state index is 0.921. The van der Waals surface area contributed by atoms with E-state index in [0.717, 1.165) is 27.6 Å². The lowest BCUT2D eigenvalue weighted by atomic mass is 10.2. The first-order valence-corrected chi connectivity index (χ1v) is 6.01. The Morgan fingerprint density at radius 1 is 1.43 bits per heavy atom. The molecule has 76 valence electrons. The maximum Gasteiger partial charge on any atom is 0.0496 e. The summed E-state index contributed by atoms with van der Waals surface area (Å²) in [5.41, 5.74) is 2.31. The highest BCUT2D eigenvalue weighted by atomic mass is 79.9. The van der Waals surface area contributed by atoms with Crippen LogP contribution in [-0.4, -0.2) is 6.54 Å². The molecule has 0 fully saturated rings. The van der Waals surface area contributed by atoms with E-state index in [-0.39, 0.29) is 0 Å². The van der Waals surface area contributed by atoms with Crippen molar-refractivity contribution in [3.05, 3.63) is 39.3 Å². The van der Waals surface area contributed by atoms with Crippen LogP contribution in [0.1, 0.15) is 13.3 Å². The Balaban J connectivity index is 2.57. The van der Waals surface area contributed by atoms with Crippen LogP contribution < -0.4 is 5.32 Å². The number of halogens is 2. The fraction of sp³-hybridized carbons (Fsp3) is 0.273. The van der Waals surface area contributed by atoms with Crippen LogP contribution >= 0.6 is 31.9 Å². The number of hydrogen-bond donors (Lipinski definition) is 1. The highest BCUT2D eigenvalue weighted by molar-refractivity contribution is 9.11. The summed E-state index contributed by atoms with van der Waals surface area (Å²) in [4.78, 5) is 0. The molecule has 0 aliphatic carbocycles. The molecule has 0 aliphatic heterocycles. The number of hydrogen-bond acceptors (Lipinski definition) is 1. The van der Waals surface area contributed by atoms with Crippen LogP contribution in [0, 0.1) is 0 Å². The molecule has 1 nitrogen and oxygen atoms in total. The van der Waals surface area contributed by atoms with Gasteiger partial charge in [0.05, 0.1) is 0 Å². The van der Waals surface area contributed by atoms with E-state index in [9.17, 15) is 0 Å². The van der Waals surface area contributed by atoms with Gasteiger partial charge in [0.1, 0.15) is 0 Å². The van der Waals surface area contributed by atoms with Crippen LogP contribution in [0.25, 0.3) is 0 Å². The third-order valence-electron chi connectivity index (χ3n) is 1.80. The molecule has 1 rings (SSSR count). The third-order valence-corrected chi connectivity index (χ3v) is 2.98. The van der Waals surface area contributed by atoms with Crippen molar-refractivity contribution in [1.29, 1.82) is 0 Å². The van der Waals surface area contributed by atoms with Gasteiger partial charge in [-0.25, -0.2) is 0 Å². The van der Waals surface area contributed by atoms with Crippen LogP contribution in [0.4, 0.5) is 5.69 Å². The van der Waals surface area contributed by atoms with E-state index >= 15 is 0 Å². The Morgan fingerprint density at radius 2 is 2.14 bits per heavy atom. The highest BCUT2D eigenvalue weighted by Gasteiger charge is 1.99. The van der Waals surface area contributed by atoms with Gasteiger partial charge in [-0.1, -0.05) is 21.5 Å². The monoisotopic (exact) mass is 317 g/mol. The molecule has 0 radical (unpaired) electrons. The Kier molecular flexibility index (Phi) is 4.69. The number of nitrogens with one attached hydrogen (secondary N) is 1. The SMILES string of the molecule is C=C(C)CCNc1cc(Br)ccc1Br. The van der Waals surface area contributed by atoms with Gasteiger partial charge in [0.25, 0.3) is 0 Å². The predicted molar refractivity (Wildman–Crippen MR) is 69.8 cm³/mol. The maximum absolute atomic E-state index is 3.87. The zero-order valence-corrected chi connectivity index (χ0v) is 11.3. The molecule has 3 heteroatoms. The summed E-state index contributed by atoms with van der Waals surface area (Å²) in [6.07, 6.45) is 0.999. The lowest BCUT2D eigenvalue weighted by molar-refractivity contribution is 1.00. The van der Waals surface area contributed by atoms with Crippen molar-refractivity contribution in [2.75, 3.05) is 11.9 Å². The van der Waals surface area contributed by atoms with Crippen LogP contribution in [0.5, 0.6) is 0 Å². The molecule has 0 aliphatic rings. The first-order chi connectivity index (χ1) is 6.59. The van der Waals surface area contributed by atoms with Gasteiger partial charge in [-0.2, -0.15) is 0 Å². The lowest BCUT2D eigenvalue weighted by Crippen LogP contribution is -2.02. The number of rotatable bonds is 4. The van der Waals surface area contributed by atoms with Crippen molar-refractivity contribution in [1.82, 2.24) is 0 Å². The topological polar surface area (TPSA) is 12.0 Å². The van der Waals surface area contributed by atoms with Gasteiger partial charge in [-0.3, -0.25) is 0 Å². The van der Waals surface area contributed by atoms with Crippen molar-refractivity contribution >= 4 is 37.5 Å². The first kappa shape index (κ1) is 11.8. The summed E-state index contributed by atoms with van der Waals surface area (Å²) < 4.78 is 2.17. The van der Waals surface area contributed by atoms with E-state index in [0.29, 0.717) is 0 Å². The Morgan fingerprint density at radius 3 is 2.79 bits per heavy atom. The first-order valence-electron chi connectivity index (χ1n) is 4.43. The summed E-state index contributed by atoms with van der Waals surface area (Å²) in [5, 5.41) is 3.35. The Hall–Kier alpha value is -0.280. The molecule has 1 aromatic rings. The lowest BCUT2D eigenvalue weighted by Gasteiger charge is -2.08. The van der Waals surface area contributed by atoms with Crippen molar-refractivity contribution < 1.29 is 0 Å². The minimum Gasteiger partial charge on any atom is -0.384 e. The molecule has 0 amide bonds. The van der Waals surface area contributed by atoms with E-state index in [2.05, 4.69) is 49.8 Å². The molecular weight excluding hydrogens is 306 g/mol. The largest absolute Gasteiger partial charge is 0.384 e. The predicted octanol–water partition coefficient (Wildman–Crippen LogP) is 4.59. The summed E-state index contributed by atoms with van der Waals surface area (Å²) in [6.45, 7) is 6.83. The molecule has 0 spiro atoms. The zero-order valence-electron chi connectivity index (χ0n) is 8.11. The van der Waals surface area contributed by atoms with Crippen molar-refractivity contribution in [2.24, 2.45) is 0 Å². The van der Waals surface area contributed by atoms with E-state index < -0.39 is 0 Å². The standard InChI is InChI=1S/C11H13Br2N/c1-8(2)5-6-14-11-7-9(12)3-4-10(11)13/h3-4,7,14H,1,5-6H2,2H3. The smallest absolute Gasteiger partial charge is 0.0496 e. The van der Waals surface area contributed by atoms with Gasteiger partial charge in [-0.15, -0.1) is 6.58 Å². The Bertz CT molecular complexity index is 334. The fourth-order valence-corrected chi connectivity index (χ4v) is 1.79. The molecule has 1 N–H and O–H groups in total. The average molecular weight is 319 g/mol. The summed E-state index contributed by atoms with van der Waals surface area (Å²) >= 11 is 6.93. The molecule has 0 heterocycles. The van der Waals surface area contributed by atoms with E-state index in [4.69, 9.17) is 0 Å². The van der Waals surface area contributed by atoms with E-state index in [1.54, 1.807) is 0 Å². The van der Waals surface area contributed by atoms with Crippen molar-refractivity contribution in [3.63, 3.8) is 0 Å². The average Bonchev–Trinajstić information content (AvgIpc) is 2.10. The highest BCUT2D eigenvalue weighted by Crippen LogP contribution is 2.26. The minimum absolute atomic E-state index is 0.921. The van der Waals surface area contributed by atoms with Crippen LogP contribution in [0.2, 0.25) is 0 Å². The Labute approximate surface area is 102 Å². The summed E-state index contributed by atoms with van der Waals surface area (Å²) in [6, 6.07) is 6.09. The van der Waals surface area contributed by atoms with Gasteiger partial charge in [-0.05, 0) is 47.5 Å². The van der Waals surface area contributed by atoms with Gasteiger partial charge in [0, 0.05) is 21.2 Å². The molecule has 1 aromatic carbocycles. The van der Waals surface area contributed by atoms with Crippen LogP contribution in [-0.2, 0) is 0 Å². The number of anilines is 1. The molecular formula is C11H13Br2N. The summed E-state index contributed by atoms with van der Waals surface area (Å²) in [5.74, 6) is 0. The molecule has 0 bridgehead atoms. The maximum atomic E-state index is 3.87. The van der Waals surface area contributed by atoms with Crippen molar-refractivity contribution in [3.8, 4) is 0 Å². The molecule has 14 heavy (non-hydrogen) atoms. The summed E-state index contributed by atoms with van der Waals surface area (Å²) in [7, 11) is 0. The zero-order chi connectivity index (χ0) is 10.6. The second-order valence-corrected chi connectivity index (χ2v) is 5.03. The second kappa shape index (κ2) is 5.56. The second-order valence-electron chi connectivity index (χ2n) is 3.26.